The molecular formula is C30H37F3N6. The zero-order valence-electron chi connectivity index (χ0n) is 22.9. The van der Waals surface area contributed by atoms with Gasteiger partial charge in [-0.25, -0.2) is 0 Å². The van der Waals surface area contributed by atoms with Crippen LogP contribution in [0.4, 0.5) is 18.9 Å². The number of guanidine groups is 1. The van der Waals surface area contributed by atoms with E-state index in [0.717, 1.165) is 43.7 Å². The number of piperazine rings is 1. The average molecular weight is 539 g/mol. The van der Waals surface area contributed by atoms with Gasteiger partial charge in [-0.1, -0.05) is 68.0 Å². The summed E-state index contributed by atoms with van der Waals surface area (Å²) in [5, 5.41) is 16.3. The molecule has 2 aliphatic rings. The van der Waals surface area contributed by atoms with E-state index in [9.17, 15) is 18.6 Å². The standard InChI is InChI=1S/C30H37F3N6/c1-5-9-21(2)17-38-22(3)18-37(19-23(38)4)29(34)39(26-10-7-6-8-11-26)20-24-12-14-25(15-13-24)27-16-28(36-35-27)30(31,32)33/h6-8,10-15,22-23,34H,2,5,9,16-20H2,1,3-4H3. The molecule has 0 amide bonds. The Bertz CT molecular complexity index is 1210. The third kappa shape index (κ3) is 6.95. The molecule has 2 heterocycles. The van der Waals surface area contributed by atoms with E-state index in [1.807, 2.05) is 47.4 Å². The van der Waals surface area contributed by atoms with Crippen LogP contribution >= 0.6 is 0 Å². The summed E-state index contributed by atoms with van der Waals surface area (Å²) >= 11 is 0. The Morgan fingerprint density at radius 1 is 1.03 bits per heavy atom. The van der Waals surface area contributed by atoms with E-state index in [4.69, 9.17) is 0 Å². The Labute approximate surface area is 229 Å². The molecule has 0 aliphatic carbocycles. The van der Waals surface area contributed by atoms with Gasteiger partial charge in [0, 0.05) is 43.8 Å². The highest BCUT2D eigenvalue weighted by Crippen LogP contribution is 2.26. The van der Waals surface area contributed by atoms with Gasteiger partial charge in [-0.05, 0) is 43.5 Å². The molecule has 39 heavy (non-hydrogen) atoms. The van der Waals surface area contributed by atoms with E-state index >= 15 is 0 Å². The normalized spacial score (nSPS) is 20.0. The van der Waals surface area contributed by atoms with Gasteiger partial charge >= 0.3 is 6.18 Å². The summed E-state index contributed by atoms with van der Waals surface area (Å²) in [6, 6.07) is 17.7. The molecule has 1 saturated heterocycles. The summed E-state index contributed by atoms with van der Waals surface area (Å²) < 4.78 is 38.9. The van der Waals surface area contributed by atoms with Crippen molar-refractivity contribution in [3.63, 3.8) is 0 Å². The van der Waals surface area contributed by atoms with E-state index in [1.165, 1.54) is 5.57 Å². The molecule has 1 N–H and O–H groups in total. The summed E-state index contributed by atoms with van der Waals surface area (Å²) in [5.74, 6) is 0.430. The molecule has 0 aromatic heterocycles. The lowest BCUT2D eigenvalue weighted by molar-refractivity contribution is -0.0596. The topological polar surface area (TPSA) is 58.3 Å². The molecule has 4 rings (SSSR count). The molecule has 0 bridgehead atoms. The Hall–Kier alpha value is -3.46. The molecule has 0 saturated carbocycles. The number of nitrogens with zero attached hydrogens (tertiary/aromatic N) is 5. The number of para-hydroxylation sites is 1. The number of nitrogens with one attached hydrogen (secondary N) is 1. The zero-order chi connectivity index (χ0) is 28.2. The van der Waals surface area contributed by atoms with Crippen molar-refractivity contribution in [2.24, 2.45) is 10.2 Å². The first-order valence-electron chi connectivity index (χ1n) is 13.4. The van der Waals surface area contributed by atoms with Gasteiger partial charge in [0.25, 0.3) is 0 Å². The number of halogens is 3. The fourth-order valence-corrected chi connectivity index (χ4v) is 5.25. The molecular weight excluding hydrogens is 501 g/mol. The molecule has 9 heteroatoms. The van der Waals surface area contributed by atoms with E-state index in [0.29, 0.717) is 23.8 Å². The van der Waals surface area contributed by atoms with Crippen molar-refractivity contribution in [2.75, 3.05) is 24.5 Å². The average Bonchev–Trinajstić information content (AvgIpc) is 3.41. The van der Waals surface area contributed by atoms with Gasteiger partial charge in [-0.3, -0.25) is 10.3 Å². The lowest BCUT2D eigenvalue weighted by atomic mass is 10.0. The van der Waals surface area contributed by atoms with E-state index in [2.05, 4.69) is 47.4 Å². The van der Waals surface area contributed by atoms with Gasteiger partial charge in [-0.15, -0.1) is 5.10 Å². The van der Waals surface area contributed by atoms with Crippen LogP contribution in [-0.2, 0) is 6.54 Å². The third-order valence-electron chi connectivity index (χ3n) is 7.32. The Morgan fingerprint density at radius 2 is 1.67 bits per heavy atom. The summed E-state index contributed by atoms with van der Waals surface area (Å²) in [4.78, 5) is 6.60. The maximum Gasteiger partial charge on any atom is 0.431 e. The summed E-state index contributed by atoms with van der Waals surface area (Å²) in [6.07, 6.45) is -2.67. The third-order valence-corrected chi connectivity index (χ3v) is 7.32. The van der Waals surface area contributed by atoms with Crippen LogP contribution in [0.3, 0.4) is 0 Å². The van der Waals surface area contributed by atoms with Crippen LogP contribution in [0.1, 0.15) is 51.2 Å². The van der Waals surface area contributed by atoms with Gasteiger partial charge in [0.1, 0.15) is 5.71 Å². The highest BCUT2D eigenvalue weighted by molar-refractivity contribution is 6.16. The Balaban J connectivity index is 1.47. The second-order valence-electron chi connectivity index (χ2n) is 10.5. The number of rotatable bonds is 8. The van der Waals surface area contributed by atoms with Crippen molar-refractivity contribution in [1.82, 2.24) is 9.80 Å². The number of anilines is 1. The van der Waals surface area contributed by atoms with Crippen LogP contribution in [0, 0.1) is 5.41 Å². The van der Waals surface area contributed by atoms with Crippen LogP contribution in [0.25, 0.3) is 0 Å². The second-order valence-corrected chi connectivity index (χ2v) is 10.5. The van der Waals surface area contributed by atoms with Gasteiger partial charge in [0.05, 0.1) is 12.3 Å². The number of hydrogen-bond acceptors (Lipinski definition) is 4. The summed E-state index contributed by atoms with van der Waals surface area (Å²) in [7, 11) is 0. The van der Waals surface area contributed by atoms with Crippen LogP contribution < -0.4 is 4.90 Å². The molecule has 2 aromatic carbocycles. The second kappa shape index (κ2) is 12.2. The van der Waals surface area contributed by atoms with Crippen LogP contribution in [0.15, 0.2) is 77.0 Å². The lowest BCUT2D eigenvalue weighted by Crippen LogP contribution is -2.60. The van der Waals surface area contributed by atoms with Crippen molar-refractivity contribution in [2.45, 2.75) is 64.8 Å². The van der Waals surface area contributed by atoms with Crippen molar-refractivity contribution in [1.29, 1.82) is 5.41 Å². The van der Waals surface area contributed by atoms with E-state index in [1.54, 1.807) is 12.1 Å². The molecule has 2 unspecified atom stereocenters. The fourth-order valence-electron chi connectivity index (χ4n) is 5.25. The highest BCUT2D eigenvalue weighted by atomic mass is 19.4. The van der Waals surface area contributed by atoms with Crippen LogP contribution in [0.2, 0.25) is 0 Å². The molecule has 6 nitrogen and oxygen atoms in total. The fraction of sp³-hybridized carbons (Fsp3) is 0.433. The Kier molecular flexibility index (Phi) is 8.90. The predicted octanol–water partition coefficient (Wildman–Crippen LogP) is 6.49. The summed E-state index contributed by atoms with van der Waals surface area (Å²) in [5.41, 5.74) is 3.16. The first-order valence-corrected chi connectivity index (χ1v) is 13.4. The Morgan fingerprint density at radius 3 is 2.23 bits per heavy atom. The number of hydrogen-bond donors (Lipinski definition) is 1. The van der Waals surface area contributed by atoms with Crippen molar-refractivity contribution in [3.05, 3.63) is 77.9 Å². The summed E-state index contributed by atoms with van der Waals surface area (Å²) in [6.45, 7) is 13.7. The highest BCUT2D eigenvalue weighted by Gasteiger charge is 2.39. The minimum absolute atomic E-state index is 0.274. The van der Waals surface area contributed by atoms with Crippen LogP contribution in [0.5, 0.6) is 0 Å². The largest absolute Gasteiger partial charge is 0.431 e. The maximum atomic E-state index is 13.0. The molecule has 0 spiro atoms. The van der Waals surface area contributed by atoms with Crippen molar-refractivity contribution < 1.29 is 13.2 Å². The van der Waals surface area contributed by atoms with Crippen LogP contribution in [-0.4, -0.2) is 65.1 Å². The van der Waals surface area contributed by atoms with Gasteiger partial charge in [0.15, 0.2) is 5.96 Å². The minimum Gasteiger partial charge on any atom is -0.340 e. The molecule has 1 fully saturated rings. The first kappa shape index (κ1) is 28.5. The van der Waals surface area contributed by atoms with Crippen molar-refractivity contribution >= 4 is 23.1 Å². The monoisotopic (exact) mass is 538 g/mol. The zero-order valence-corrected chi connectivity index (χ0v) is 22.9. The number of benzene rings is 2. The molecule has 0 radical (unpaired) electrons. The predicted molar refractivity (Wildman–Crippen MR) is 153 cm³/mol. The lowest BCUT2D eigenvalue weighted by Gasteiger charge is -2.47. The SMILES string of the molecule is C=C(CCC)CN1C(C)CN(C(=N)N(Cc2ccc(C3=NN=C(C(F)(F)F)C3)cc2)c2ccccc2)CC1C. The smallest absolute Gasteiger partial charge is 0.340 e. The number of alkyl halides is 3. The molecule has 2 aromatic rings. The molecule has 2 atom stereocenters. The maximum absolute atomic E-state index is 13.0. The molecule has 208 valence electrons. The van der Waals surface area contributed by atoms with Crippen molar-refractivity contribution in [3.8, 4) is 0 Å². The van der Waals surface area contributed by atoms with E-state index in [-0.39, 0.29) is 18.5 Å². The quantitative estimate of drug-likeness (QED) is 0.237. The first-order chi connectivity index (χ1) is 18.6. The minimum atomic E-state index is -4.47. The van der Waals surface area contributed by atoms with E-state index < -0.39 is 11.9 Å². The van der Waals surface area contributed by atoms with Gasteiger partial charge < -0.3 is 9.80 Å². The van der Waals surface area contributed by atoms with Gasteiger partial charge in [-0.2, -0.15) is 18.3 Å². The van der Waals surface area contributed by atoms with Gasteiger partial charge in [0.2, 0.25) is 0 Å². The molecule has 2 aliphatic heterocycles.